The fourth-order valence-corrected chi connectivity index (χ4v) is 2.02. The number of nitrogens with zero attached hydrogens (tertiary/aromatic N) is 1. The van der Waals surface area contributed by atoms with E-state index in [1.54, 1.807) is 18.2 Å². The predicted octanol–water partition coefficient (Wildman–Crippen LogP) is 0.331. The number of carbonyl (C=O) groups excluding carboxylic acids is 2. The second kappa shape index (κ2) is 3.79. The van der Waals surface area contributed by atoms with Gasteiger partial charge in [-0.1, -0.05) is 18.2 Å². The first-order chi connectivity index (χ1) is 7.91. The van der Waals surface area contributed by atoms with Gasteiger partial charge in [-0.05, 0) is 12.1 Å². The smallest absolute Gasteiger partial charge is 0.282 e. The van der Waals surface area contributed by atoms with E-state index in [0.717, 1.165) is 0 Å². The highest BCUT2D eigenvalue weighted by molar-refractivity contribution is 7.91. The topological polar surface area (TPSA) is 91.7 Å². The molecule has 0 bridgehead atoms. The zero-order valence-electron chi connectivity index (χ0n) is 8.40. The lowest BCUT2D eigenvalue weighted by Gasteiger charge is -2.13. The molecule has 0 aliphatic carbocycles. The second-order valence-corrected chi connectivity index (χ2v) is 4.69. The lowest BCUT2D eigenvalue weighted by Crippen LogP contribution is -2.31. The summed E-state index contributed by atoms with van der Waals surface area (Å²) in [4.78, 5) is 22.9. The van der Waals surface area contributed by atoms with E-state index in [-0.39, 0.29) is 5.69 Å². The molecule has 2 rings (SSSR count). The minimum Gasteiger partial charge on any atom is -0.282 e. The number of imide groups is 1. The average molecular weight is 253 g/mol. The second-order valence-electron chi connectivity index (χ2n) is 3.30. The molecular formula is C10H7NO5S. The lowest BCUT2D eigenvalue weighted by molar-refractivity contribution is -0.120. The van der Waals surface area contributed by atoms with Crippen LogP contribution in [0, 0.1) is 0 Å². The van der Waals surface area contributed by atoms with E-state index in [2.05, 4.69) is 0 Å². The molecule has 17 heavy (non-hydrogen) atoms. The molecule has 0 spiro atoms. The summed E-state index contributed by atoms with van der Waals surface area (Å²) in [5.74, 6) is -1.85. The number of rotatable bonds is 2. The molecule has 1 aliphatic heterocycles. The number of para-hydroxylation sites is 1. The minimum absolute atomic E-state index is 0.248. The number of hydrogen-bond acceptors (Lipinski definition) is 4. The monoisotopic (exact) mass is 253 g/mol. The van der Waals surface area contributed by atoms with Crippen LogP contribution in [-0.2, 0) is 19.7 Å². The Labute approximate surface area is 96.9 Å². The molecule has 6 nitrogen and oxygen atoms in total. The average Bonchev–Trinajstić information content (AvgIpc) is 2.55. The fraction of sp³-hybridized carbons (Fsp3) is 0. The Morgan fingerprint density at radius 3 is 2.12 bits per heavy atom. The molecule has 1 aromatic rings. The van der Waals surface area contributed by atoms with Crippen LogP contribution < -0.4 is 4.90 Å². The summed E-state index contributed by atoms with van der Waals surface area (Å²) >= 11 is 0. The number of amides is 2. The van der Waals surface area contributed by atoms with Gasteiger partial charge in [0.25, 0.3) is 21.9 Å². The third kappa shape index (κ3) is 1.97. The largest absolute Gasteiger partial charge is 0.300 e. The van der Waals surface area contributed by atoms with E-state index < -0.39 is 26.8 Å². The SMILES string of the molecule is O=C1C=C(S(=O)(=O)O)C(=O)N1c1ccccc1. The van der Waals surface area contributed by atoms with Crippen molar-refractivity contribution < 1.29 is 22.6 Å². The van der Waals surface area contributed by atoms with E-state index in [1.165, 1.54) is 12.1 Å². The van der Waals surface area contributed by atoms with Crippen LogP contribution in [0.15, 0.2) is 41.3 Å². The van der Waals surface area contributed by atoms with Gasteiger partial charge in [0, 0.05) is 6.08 Å². The summed E-state index contributed by atoms with van der Waals surface area (Å²) in [7, 11) is -4.68. The van der Waals surface area contributed by atoms with Crippen molar-refractivity contribution in [3.8, 4) is 0 Å². The van der Waals surface area contributed by atoms with Gasteiger partial charge >= 0.3 is 0 Å². The van der Waals surface area contributed by atoms with E-state index in [9.17, 15) is 18.0 Å². The molecule has 0 radical (unpaired) electrons. The third-order valence-electron chi connectivity index (χ3n) is 2.18. The summed E-state index contributed by atoms with van der Waals surface area (Å²) in [5.41, 5.74) is 0.248. The summed E-state index contributed by atoms with van der Waals surface area (Å²) < 4.78 is 30.5. The zero-order chi connectivity index (χ0) is 12.6. The number of carbonyl (C=O) groups is 2. The maximum absolute atomic E-state index is 11.7. The molecule has 0 aromatic heterocycles. The van der Waals surface area contributed by atoms with Crippen LogP contribution >= 0.6 is 0 Å². The van der Waals surface area contributed by atoms with Crippen molar-refractivity contribution in [3.05, 3.63) is 41.3 Å². The quantitative estimate of drug-likeness (QED) is 0.605. The Kier molecular flexibility index (Phi) is 2.56. The Hall–Kier alpha value is -1.99. The molecule has 1 heterocycles. The number of anilines is 1. The molecule has 88 valence electrons. The Morgan fingerprint density at radius 1 is 1.06 bits per heavy atom. The molecule has 0 atom stereocenters. The van der Waals surface area contributed by atoms with Crippen molar-refractivity contribution in [1.29, 1.82) is 0 Å². The number of hydrogen-bond donors (Lipinski definition) is 1. The summed E-state index contributed by atoms with van der Waals surface area (Å²) in [6, 6.07) is 7.85. The van der Waals surface area contributed by atoms with E-state index in [4.69, 9.17) is 4.55 Å². The standard InChI is InChI=1S/C10H7NO5S/c12-9-6-8(17(14,15)16)10(13)11(9)7-4-2-1-3-5-7/h1-6H,(H,14,15,16). The molecule has 1 N–H and O–H groups in total. The van der Waals surface area contributed by atoms with Gasteiger partial charge in [-0.15, -0.1) is 0 Å². The first kappa shape index (κ1) is 11.5. The summed E-state index contributed by atoms with van der Waals surface area (Å²) in [5, 5.41) is 0. The molecular weight excluding hydrogens is 246 g/mol. The van der Waals surface area contributed by atoms with Gasteiger partial charge in [-0.2, -0.15) is 8.42 Å². The van der Waals surface area contributed by atoms with Gasteiger partial charge in [-0.3, -0.25) is 14.1 Å². The van der Waals surface area contributed by atoms with Crippen molar-refractivity contribution in [2.24, 2.45) is 0 Å². The van der Waals surface area contributed by atoms with E-state index in [1.807, 2.05) is 0 Å². The third-order valence-corrected chi connectivity index (χ3v) is 3.03. The Morgan fingerprint density at radius 2 is 1.65 bits per heavy atom. The van der Waals surface area contributed by atoms with Crippen LogP contribution in [0.25, 0.3) is 0 Å². The first-order valence-electron chi connectivity index (χ1n) is 4.54. The Balaban J connectivity index is 2.45. The number of benzene rings is 1. The maximum Gasteiger partial charge on any atom is 0.300 e. The van der Waals surface area contributed by atoms with Crippen LogP contribution in [0.5, 0.6) is 0 Å². The Bertz CT molecular complexity index is 617. The van der Waals surface area contributed by atoms with Gasteiger partial charge in [-0.25, -0.2) is 4.90 Å². The minimum atomic E-state index is -4.68. The molecule has 1 aromatic carbocycles. The van der Waals surface area contributed by atoms with Gasteiger partial charge in [0.2, 0.25) is 0 Å². The van der Waals surface area contributed by atoms with Crippen molar-refractivity contribution in [1.82, 2.24) is 0 Å². The van der Waals surface area contributed by atoms with E-state index in [0.29, 0.717) is 11.0 Å². The highest BCUT2D eigenvalue weighted by atomic mass is 32.2. The summed E-state index contributed by atoms with van der Waals surface area (Å²) in [6.45, 7) is 0. The van der Waals surface area contributed by atoms with Gasteiger partial charge < -0.3 is 0 Å². The molecule has 0 unspecified atom stereocenters. The van der Waals surface area contributed by atoms with Crippen LogP contribution in [0.3, 0.4) is 0 Å². The highest BCUT2D eigenvalue weighted by Crippen LogP contribution is 2.24. The maximum atomic E-state index is 11.7. The molecule has 0 saturated heterocycles. The molecule has 7 heteroatoms. The van der Waals surface area contributed by atoms with Crippen molar-refractivity contribution >= 4 is 27.6 Å². The predicted molar refractivity (Wildman–Crippen MR) is 58.6 cm³/mol. The molecule has 0 saturated carbocycles. The highest BCUT2D eigenvalue weighted by Gasteiger charge is 2.38. The van der Waals surface area contributed by atoms with Crippen LogP contribution in [0.1, 0.15) is 0 Å². The summed E-state index contributed by atoms with van der Waals surface area (Å²) in [6.07, 6.45) is 0.602. The molecule has 1 aliphatic rings. The molecule has 0 fully saturated rings. The van der Waals surface area contributed by atoms with Gasteiger partial charge in [0.05, 0.1) is 5.69 Å². The molecule has 2 amide bonds. The zero-order valence-corrected chi connectivity index (χ0v) is 9.22. The van der Waals surface area contributed by atoms with Gasteiger partial charge in [0.1, 0.15) is 0 Å². The van der Waals surface area contributed by atoms with Crippen molar-refractivity contribution in [2.75, 3.05) is 4.90 Å². The normalized spacial score (nSPS) is 16.3. The van der Waals surface area contributed by atoms with E-state index >= 15 is 0 Å². The lowest BCUT2D eigenvalue weighted by atomic mass is 10.3. The van der Waals surface area contributed by atoms with Crippen molar-refractivity contribution in [3.63, 3.8) is 0 Å². The first-order valence-corrected chi connectivity index (χ1v) is 5.98. The van der Waals surface area contributed by atoms with Gasteiger partial charge in [0.15, 0.2) is 4.91 Å². The van der Waals surface area contributed by atoms with Crippen molar-refractivity contribution in [2.45, 2.75) is 0 Å². The fourth-order valence-electron chi connectivity index (χ4n) is 1.46. The van der Waals surface area contributed by atoms with Crippen LogP contribution in [0.4, 0.5) is 5.69 Å². The van der Waals surface area contributed by atoms with Crippen LogP contribution in [0.2, 0.25) is 0 Å². The van der Waals surface area contributed by atoms with Crippen LogP contribution in [-0.4, -0.2) is 24.8 Å².